The van der Waals surface area contributed by atoms with Crippen molar-refractivity contribution in [1.82, 2.24) is 36.3 Å². The van der Waals surface area contributed by atoms with Gasteiger partial charge in [0, 0.05) is 5.02 Å². The van der Waals surface area contributed by atoms with Gasteiger partial charge in [0.05, 0.1) is 24.8 Å². The van der Waals surface area contributed by atoms with Gasteiger partial charge in [0.25, 0.3) is 5.91 Å². The Morgan fingerprint density at radius 1 is 1.03 bits per heavy atom. The summed E-state index contributed by atoms with van der Waals surface area (Å²) < 4.78 is 7.33. The van der Waals surface area contributed by atoms with Crippen molar-refractivity contribution in [1.29, 1.82) is 0 Å². The molecule has 1 aliphatic heterocycles. The number of rotatable bonds is 1. The number of fused-ring (bicyclic) bond motifs is 3. The molecule has 2 aromatic rings. The zero-order chi connectivity index (χ0) is 26.4. The van der Waals surface area contributed by atoms with E-state index in [0.717, 1.165) is 0 Å². The monoisotopic (exact) mass is 519 g/mol. The number of benzene rings is 1. The number of ether oxygens (including phenoxy) is 1. The molecule has 2 heterocycles. The molecule has 0 radical (unpaired) electrons. The molecule has 0 fully saturated rings. The van der Waals surface area contributed by atoms with E-state index in [4.69, 9.17) is 16.3 Å². The van der Waals surface area contributed by atoms with Crippen LogP contribution in [0.1, 0.15) is 43.7 Å². The molecular formula is C23H30ClN7O5. The van der Waals surface area contributed by atoms with Crippen LogP contribution in [-0.4, -0.2) is 63.4 Å². The molecule has 194 valence electrons. The van der Waals surface area contributed by atoms with Gasteiger partial charge in [-0.25, -0.2) is 4.68 Å². The van der Waals surface area contributed by atoms with Crippen LogP contribution in [0.25, 0.3) is 0 Å². The van der Waals surface area contributed by atoms with Gasteiger partial charge in [-0.1, -0.05) is 30.7 Å². The fourth-order valence-corrected chi connectivity index (χ4v) is 3.61. The molecule has 4 amide bonds. The van der Waals surface area contributed by atoms with Crippen LogP contribution >= 0.6 is 11.6 Å². The summed E-state index contributed by atoms with van der Waals surface area (Å²) in [6.07, 6.45) is 1.66. The highest BCUT2D eigenvalue weighted by Gasteiger charge is 2.29. The first-order valence-electron chi connectivity index (χ1n) is 11.6. The lowest BCUT2D eigenvalue weighted by Gasteiger charge is -2.25. The van der Waals surface area contributed by atoms with Gasteiger partial charge in [-0.05, 0) is 38.0 Å². The number of nitrogens with zero attached hydrogens (tertiary/aromatic N) is 3. The highest BCUT2D eigenvalue weighted by atomic mass is 35.5. The Labute approximate surface area is 213 Å². The Morgan fingerprint density at radius 2 is 1.75 bits per heavy atom. The number of hydrogen-bond donors (Lipinski definition) is 4. The predicted molar refractivity (Wildman–Crippen MR) is 130 cm³/mol. The summed E-state index contributed by atoms with van der Waals surface area (Å²) >= 11 is 6.09. The number of halogens is 1. The van der Waals surface area contributed by atoms with Crippen LogP contribution < -0.4 is 26.0 Å². The van der Waals surface area contributed by atoms with Gasteiger partial charge in [0.15, 0.2) is 0 Å². The highest BCUT2D eigenvalue weighted by Crippen LogP contribution is 2.23. The quantitative estimate of drug-likeness (QED) is 0.425. The van der Waals surface area contributed by atoms with Crippen molar-refractivity contribution in [2.45, 2.75) is 58.9 Å². The molecule has 1 aromatic heterocycles. The zero-order valence-electron chi connectivity index (χ0n) is 20.5. The summed E-state index contributed by atoms with van der Waals surface area (Å²) in [5.41, 5.74) is 0.676. The summed E-state index contributed by atoms with van der Waals surface area (Å²) in [7, 11) is 0. The van der Waals surface area contributed by atoms with E-state index in [2.05, 4.69) is 31.6 Å². The van der Waals surface area contributed by atoms with Crippen LogP contribution in [0.3, 0.4) is 0 Å². The third-order valence-corrected chi connectivity index (χ3v) is 5.77. The second kappa shape index (κ2) is 11.8. The molecular weight excluding hydrogens is 490 g/mol. The minimum absolute atomic E-state index is 0.114. The molecule has 0 saturated heterocycles. The van der Waals surface area contributed by atoms with Gasteiger partial charge in [-0.2, -0.15) is 0 Å². The standard InChI is InChI=1S/C23H30ClN7O5/c1-12(2)19-23(35)27-13(3)20(32)25-10-16-11-31(30-29-16)7-8-36-18-6-5-15(24)9-17(18)22(34)26-14(4)21(33)28-19/h5-6,9,11-14,19H,7-8,10H2,1-4H3,(H,25,32)(H,26,34)(H,27,35)(H,28,33)/t13-,14+,19+/m1/s1. The Morgan fingerprint density at radius 3 is 2.47 bits per heavy atom. The molecule has 0 saturated carbocycles. The fraction of sp³-hybridized carbons (Fsp3) is 0.478. The topological polar surface area (TPSA) is 156 Å². The first-order valence-corrected chi connectivity index (χ1v) is 11.9. The summed E-state index contributed by atoms with van der Waals surface area (Å²) in [5.74, 6) is -2.07. The second-order valence-electron chi connectivity index (χ2n) is 8.84. The first-order chi connectivity index (χ1) is 17.0. The Bertz CT molecular complexity index is 1140. The lowest BCUT2D eigenvalue weighted by atomic mass is 10.0. The van der Waals surface area contributed by atoms with Crippen LogP contribution in [-0.2, 0) is 27.5 Å². The van der Waals surface area contributed by atoms with E-state index in [-0.39, 0.29) is 30.4 Å². The fourth-order valence-electron chi connectivity index (χ4n) is 3.44. The van der Waals surface area contributed by atoms with Gasteiger partial charge in [0.1, 0.15) is 36.2 Å². The van der Waals surface area contributed by atoms with Crippen molar-refractivity contribution in [3.05, 3.63) is 40.7 Å². The normalized spacial score (nSPS) is 22.4. The third kappa shape index (κ3) is 6.94. The van der Waals surface area contributed by atoms with Gasteiger partial charge in [0.2, 0.25) is 17.7 Å². The average Bonchev–Trinajstić information content (AvgIpc) is 3.28. The van der Waals surface area contributed by atoms with Crippen molar-refractivity contribution >= 4 is 35.2 Å². The van der Waals surface area contributed by atoms with Crippen molar-refractivity contribution in [3.8, 4) is 5.75 Å². The van der Waals surface area contributed by atoms with Gasteiger partial charge >= 0.3 is 0 Å². The van der Waals surface area contributed by atoms with Crippen molar-refractivity contribution < 1.29 is 23.9 Å². The number of nitrogens with one attached hydrogen (secondary N) is 4. The molecule has 2 bridgehead atoms. The molecule has 12 nitrogen and oxygen atoms in total. The van der Waals surface area contributed by atoms with E-state index in [0.29, 0.717) is 17.3 Å². The lowest BCUT2D eigenvalue weighted by molar-refractivity contribution is -0.133. The third-order valence-electron chi connectivity index (χ3n) is 5.53. The minimum Gasteiger partial charge on any atom is -0.491 e. The molecule has 3 atom stereocenters. The Hall–Kier alpha value is -3.67. The van der Waals surface area contributed by atoms with Gasteiger partial charge in [-0.15, -0.1) is 5.10 Å². The van der Waals surface area contributed by atoms with Gasteiger partial charge in [-0.3, -0.25) is 19.2 Å². The number of aromatic nitrogens is 3. The van der Waals surface area contributed by atoms with Crippen LogP contribution in [0.4, 0.5) is 0 Å². The highest BCUT2D eigenvalue weighted by molar-refractivity contribution is 6.31. The molecule has 1 aliphatic rings. The molecule has 0 spiro atoms. The van der Waals surface area contributed by atoms with Crippen LogP contribution in [0.15, 0.2) is 24.4 Å². The Kier molecular flexibility index (Phi) is 8.86. The van der Waals surface area contributed by atoms with Crippen LogP contribution in [0, 0.1) is 5.92 Å². The van der Waals surface area contributed by atoms with E-state index < -0.39 is 41.8 Å². The smallest absolute Gasteiger partial charge is 0.255 e. The number of carbonyl (C=O) groups excluding carboxylic acids is 4. The predicted octanol–water partition coefficient (Wildman–Crippen LogP) is 0.404. The molecule has 4 N–H and O–H groups in total. The first kappa shape index (κ1) is 26.9. The number of amides is 4. The molecule has 13 heteroatoms. The maximum absolute atomic E-state index is 13.0. The molecule has 0 unspecified atom stereocenters. The Balaban J connectivity index is 1.87. The molecule has 3 rings (SSSR count). The molecule has 36 heavy (non-hydrogen) atoms. The lowest BCUT2D eigenvalue weighted by Crippen LogP contribution is -2.57. The summed E-state index contributed by atoms with van der Waals surface area (Å²) in [6.45, 7) is 7.17. The summed E-state index contributed by atoms with van der Waals surface area (Å²) in [5, 5.41) is 19.0. The largest absolute Gasteiger partial charge is 0.491 e. The molecule has 0 aliphatic carbocycles. The summed E-state index contributed by atoms with van der Waals surface area (Å²) in [6, 6.07) is 1.84. The number of carbonyl (C=O) groups is 4. The van der Waals surface area contributed by atoms with Crippen molar-refractivity contribution in [2.75, 3.05) is 6.61 Å². The second-order valence-corrected chi connectivity index (χ2v) is 9.27. The van der Waals surface area contributed by atoms with E-state index in [9.17, 15) is 19.2 Å². The maximum atomic E-state index is 13.0. The van der Waals surface area contributed by atoms with E-state index in [1.54, 1.807) is 36.9 Å². The van der Waals surface area contributed by atoms with E-state index >= 15 is 0 Å². The van der Waals surface area contributed by atoms with Gasteiger partial charge < -0.3 is 26.0 Å². The average molecular weight is 520 g/mol. The van der Waals surface area contributed by atoms with Crippen molar-refractivity contribution in [2.24, 2.45) is 5.92 Å². The number of hydrogen-bond acceptors (Lipinski definition) is 7. The van der Waals surface area contributed by atoms with Crippen LogP contribution in [0.5, 0.6) is 5.75 Å². The SMILES string of the molecule is CC(C)[C@@H]1NC(=O)[C@H](C)NC(=O)c2cc(Cl)ccc2OCCn2cc(nn2)CNC(=O)[C@@H](C)NC1=O. The van der Waals surface area contributed by atoms with Crippen LogP contribution in [0.2, 0.25) is 5.02 Å². The van der Waals surface area contributed by atoms with Crippen molar-refractivity contribution in [3.63, 3.8) is 0 Å². The van der Waals surface area contributed by atoms with E-state index in [1.807, 2.05) is 0 Å². The molecule has 1 aromatic carbocycles. The maximum Gasteiger partial charge on any atom is 0.255 e. The zero-order valence-corrected chi connectivity index (χ0v) is 21.3. The minimum atomic E-state index is -0.974. The summed E-state index contributed by atoms with van der Waals surface area (Å²) in [4.78, 5) is 51.1. The van der Waals surface area contributed by atoms with E-state index in [1.165, 1.54) is 19.9 Å².